The molecule has 2 saturated heterocycles. The van der Waals surface area contributed by atoms with Crippen molar-refractivity contribution in [2.24, 2.45) is 0 Å². The van der Waals surface area contributed by atoms with Crippen molar-refractivity contribution >= 4 is 0 Å². The predicted molar refractivity (Wildman–Crippen MR) is 56.8 cm³/mol. The van der Waals surface area contributed by atoms with E-state index in [-0.39, 0.29) is 5.54 Å². The summed E-state index contributed by atoms with van der Waals surface area (Å²) in [5.74, 6) is 0. The topological polar surface area (TPSA) is 35.9 Å². The predicted octanol–water partition coefficient (Wildman–Crippen LogP) is -0.472. The maximum Gasteiger partial charge on any atom is 0.0645 e. The van der Waals surface area contributed by atoms with Crippen LogP contribution in [0.4, 0.5) is 0 Å². The molecular formula is C11H20N2O2. The minimum Gasteiger partial charge on any atom is -0.394 e. The Bertz CT molecular complexity index is 231. The number of aliphatic hydroxyl groups is 1. The molecule has 0 amide bonds. The lowest BCUT2D eigenvalue weighted by Crippen LogP contribution is -2.59. The maximum atomic E-state index is 9.37. The Morgan fingerprint density at radius 3 is 2.20 bits per heavy atom. The second-order valence-corrected chi connectivity index (χ2v) is 5.10. The molecule has 2 aliphatic heterocycles. The Balaban J connectivity index is 1.52. The summed E-state index contributed by atoms with van der Waals surface area (Å²) in [6, 6.07) is 0.677. The average molecular weight is 212 g/mol. The number of hydrogen-bond donors (Lipinski definition) is 1. The third kappa shape index (κ3) is 1.69. The lowest BCUT2D eigenvalue weighted by atomic mass is 10.1. The third-order valence-corrected chi connectivity index (χ3v) is 4.24. The van der Waals surface area contributed by atoms with Crippen LogP contribution in [0.5, 0.6) is 0 Å². The fourth-order valence-electron chi connectivity index (χ4n) is 2.71. The summed E-state index contributed by atoms with van der Waals surface area (Å²) < 4.78 is 5.22. The van der Waals surface area contributed by atoms with E-state index in [1.807, 2.05) is 0 Å². The SMILES string of the molecule is OCC1(N2CCN(C3COC3)CC2)CC1. The Morgan fingerprint density at radius 2 is 1.80 bits per heavy atom. The molecule has 3 fully saturated rings. The number of nitrogens with zero attached hydrogens (tertiary/aromatic N) is 2. The first kappa shape index (κ1) is 10.0. The van der Waals surface area contributed by atoms with Crippen LogP contribution >= 0.6 is 0 Å². The van der Waals surface area contributed by atoms with Gasteiger partial charge in [-0.2, -0.15) is 0 Å². The second kappa shape index (κ2) is 3.70. The van der Waals surface area contributed by atoms with Crippen LogP contribution < -0.4 is 0 Å². The van der Waals surface area contributed by atoms with Crippen LogP contribution in [0.2, 0.25) is 0 Å². The normalized spacial score (nSPS) is 32.6. The van der Waals surface area contributed by atoms with Crippen LogP contribution in [0.3, 0.4) is 0 Å². The van der Waals surface area contributed by atoms with Gasteiger partial charge in [-0.1, -0.05) is 0 Å². The number of aliphatic hydroxyl groups excluding tert-OH is 1. The first-order chi connectivity index (χ1) is 7.34. The van der Waals surface area contributed by atoms with Crippen molar-refractivity contribution in [3.8, 4) is 0 Å². The summed E-state index contributed by atoms with van der Waals surface area (Å²) in [6.07, 6.45) is 2.38. The van der Waals surface area contributed by atoms with Gasteiger partial charge in [0.25, 0.3) is 0 Å². The van der Waals surface area contributed by atoms with E-state index >= 15 is 0 Å². The van der Waals surface area contributed by atoms with Crippen molar-refractivity contribution in [2.45, 2.75) is 24.4 Å². The Morgan fingerprint density at radius 1 is 1.13 bits per heavy atom. The van der Waals surface area contributed by atoms with Gasteiger partial charge < -0.3 is 9.84 Å². The number of piperazine rings is 1. The minimum absolute atomic E-state index is 0.183. The molecule has 1 N–H and O–H groups in total. The van der Waals surface area contributed by atoms with Crippen molar-refractivity contribution in [2.75, 3.05) is 46.0 Å². The molecule has 1 saturated carbocycles. The summed E-state index contributed by atoms with van der Waals surface area (Å²) in [6.45, 7) is 6.73. The van der Waals surface area contributed by atoms with E-state index in [4.69, 9.17) is 4.74 Å². The molecule has 3 aliphatic rings. The number of rotatable bonds is 3. The Labute approximate surface area is 90.8 Å². The molecule has 0 aromatic rings. The lowest BCUT2D eigenvalue weighted by Gasteiger charge is -2.44. The van der Waals surface area contributed by atoms with Crippen LogP contribution in [0.1, 0.15) is 12.8 Å². The highest BCUT2D eigenvalue weighted by Gasteiger charge is 2.48. The van der Waals surface area contributed by atoms with Crippen molar-refractivity contribution in [1.82, 2.24) is 9.80 Å². The third-order valence-electron chi connectivity index (χ3n) is 4.24. The highest BCUT2D eigenvalue weighted by molar-refractivity contribution is 5.04. The number of ether oxygens (including phenoxy) is 1. The minimum atomic E-state index is 0.183. The van der Waals surface area contributed by atoms with E-state index in [0.717, 1.165) is 39.4 Å². The first-order valence-electron chi connectivity index (χ1n) is 6.02. The summed E-state index contributed by atoms with van der Waals surface area (Å²) >= 11 is 0. The van der Waals surface area contributed by atoms with Crippen molar-refractivity contribution in [1.29, 1.82) is 0 Å². The van der Waals surface area contributed by atoms with Crippen molar-refractivity contribution in [3.05, 3.63) is 0 Å². The fourth-order valence-corrected chi connectivity index (χ4v) is 2.71. The standard InChI is InChI=1S/C11H20N2O2/c14-9-11(1-2-11)13-5-3-12(4-6-13)10-7-15-8-10/h10,14H,1-9H2. The highest BCUT2D eigenvalue weighted by atomic mass is 16.5. The van der Waals surface area contributed by atoms with E-state index in [1.54, 1.807) is 0 Å². The zero-order valence-corrected chi connectivity index (χ0v) is 9.19. The zero-order chi connectivity index (χ0) is 10.3. The smallest absolute Gasteiger partial charge is 0.0645 e. The van der Waals surface area contributed by atoms with Gasteiger partial charge in [-0.25, -0.2) is 0 Å². The molecule has 1 aliphatic carbocycles. The average Bonchev–Trinajstić information content (AvgIpc) is 2.97. The van der Waals surface area contributed by atoms with Crippen LogP contribution in [0, 0.1) is 0 Å². The molecule has 0 spiro atoms. The molecule has 86 valence electrons. The second-order valence-electron chi connectivity index (χ2n) is 5.10. The summed E-state index contributed by atoms with van der Waals surface area (Å²) in [5.41, 5.74) is 0.183. The van der Waals surface area contributed by atoms with E-state index in [0.29, 0.717) is 12.6 Å². The molecule has 0 aromatic carbocycles. The van der Waals surface area contributed by atoms with Crippen LogP contribution in [0.15, 0.2) is 0 Å². The molecule has 0 radical (unpaired) electrons. The highest BCUT2D eigenvalue weighted by Crippen LogP contribution is 2.41. The van der Waals surface area contributed by atoms with Crippen LogP contribution in [-0.2, 0) is 4.74 Å². The molecule has 15 heavy (non-hydrogen) atoms. The van der Waals surface area contributed by atoms with E-state index in [2.05, 4.69) is 9.80 Å². The van der Waals surface area contributed by atoms with Gasteiger partial charge in [-0.3, -0.25) is 9.80 Å². The molecular weight excluding hydrogens is 192 g/mol. The molecule has 0 aromatic heterocycles. The van der Waals surface area contributed by atoms with Gasteiger partial charge in [-0.05, 0) is 12.8 Å². The van der Waals surface area contributed by atoms with Gasteiger partial charge in [0.15, 0.2) is 0 Å². The van der Waals surface area contributed by atoms with Gasteiger partial charge in [0, 0.05) is 31.7 Å². The van der Waals surface area contributed by atoms with Gasteiger partial charge >= 0.3 is 0 Å². The molecule has 0 unspecified atom stereocenters. The number of hydrogen-bond acceptors (Lipinski definition) is 4. The quantitative estimate of drug-likeness (QED) is 0.686. The molecule has 2 heterocycles. The molecule has 4 heteroatoms. The van der Waals surface area contributed by atoms with E-state index in [9.17, 15) is 5.11 Å². The van der Waals surface area contributed by atoms with Crippen LogP contribution in [0.25, 0.3) is 0 Å². The van der Waals surface area contributed by atoms with E-state index < -0.39 is 0 Å². The summed E-state index contributed by atoms with van der Waals surface area (Å²) in [7, 11) is 0. The fraction of sp³-hybridized carbons (Fsp3) is 1.00. The van der Waals surface area contributed by atoms with Gasteiger partial charge in [0.2, 0.25) is 0 Å². The molecule has 3 rings (SSSR count). The Hall–Kier alpha value is -0.160. The summed E-state index contributed by atoms with van der Waals surface area (Å²) in [4.78, 5) is 5.02. The lowest BCUT2D eigenvalue weighted by molar-refractivity contribution is -0.0826. The first-order valence-corrected chi connectivity index (χ1v) is 6.02. The largest absolute Gasteiger partial charge is 0.394 e. The van der Waals surface area contributed by atoms with Gasteiger partial charge in [0.05, 0.1) is 25.9 Å². The summed E-state index contributed by atoms with van der Waals surface area (Å²) in [5, 5.41) is 9.37. The molecule has 0 atom stereocenters. The molecule has 0 bridgehead atoms. The van der Waals surface area contributed by atoms with Gasteiger partial charge in [0.1, 0.15) is 0 Å². The van der Waals surface area contributed by atoms with Crippen LogP contribution in [-0.4, -0.2) is 72.5 Å². The molecule has 4 nitrogen and oxygen atoms in total. The maximum absolute atomic E-state index is 9.37. The Kier molecular flexibility index (Phi) is 2.47. The van der Waals surface area contributed by atoms with Crippen molar-refractivity contribution < 1.29 is 9.84 Å². The zero-order valence-electron chi connectivity index (χ0n) is 9.19. The van der Waals surface area contributed by atoms with E-state index in [1.165, 1.54) is 12.8 Å². The monoisotopic (exact) mass is 212 g/mol. The van der Waals surface area contributed by atoms with Crippen molar-refractivity contribution in [3.63, 3.8) is 0 Å². The van der Waals surface area contributed by atoms with Gasteiger partial charge in [-0.15, -0.1) is 0 Å².